The van der Waals surface area contributed by atoms with Crippen molar-refractivity contribution in [2.45, 2.75) is 37.6 Å². The zero-order valence-electron chi connectivity index (χ0n) is 9.17. The first kappa shape index (κ1) is 9.23. The molecule has 3 saturated carbocycles. The lowest BCUT2D eigenvalue weighted by Gasteiger charge is -2.32. The molecule has 3 nitrogen and oxygen atoms in total. The highest BCUT2D eigenvalue weighted by molar-refractivity contribution is 5.81. The predicted molar refractivity (Wildman–Crippen MR) is 56.5 cm³/mol. The fourth-order valence-electron chi connectivity index (χ4n) is 4.60. The van der Waals surface area contributed by atoms with Crippen LogP contribution in [0.15, 0.2) is 12.7 Å². The van der Waals surface area contributed by atoms with Gasteiger partial charge in [0.05, 0.1) is 12.2 Å². The summed E-state index contributed by atoms with van der Waals surface area (Å²) in [6.07, 6.45) is 6.06. The number of epoxide rings is 1. The first-order chi connectivity index (χ1) is 7.78. The molecule has 16 heavy (non-hydrogen) atoms. The summed E-state index contributed by atoms with van der Waals surface area (Å²) in [6, 6.07) is 0. The van der Waals surface area contributed by atoms with Crippen molar-refractivity contribution in [2.24, 2.45) is 23.7 Å². The van der Waals surface area contributed by atoms with Gasteiger partial charge < -0.3 is 9.47 Å². The predicted octanol–water partition coefficient (Wildman–Crippen LogP) is 1.53. The molecule has 0 aromatic carbocycles. The van der Waals surface area contributed by atoms with Crippen molar-refractivity contribution in [1.29, 1.82) is 0 Å². The van der Waals surface area contributed by atoms with E-state index in [2.05, 4.69) is 6.58 Å². The zero-order chi connectivity index (χ0) is 10.9. The molecule has 7 atom stereocenters. The van der Waals surface area contributed by atoms with E-state index < -0.39 is 0 Å². The lowest BCUT2D eigenvalue weighted by molar-refractivity contribution is -0.147. The maximum Gasteiger partial charge on any atom is 0.330 e. The Kier molecular flexibility index (Phi) is 1.67. The molecule has 0 radical (unpaired) electrons. The Hall–Kier alpha value is -0.830. The van der Waals surface area contributed by atoms with Crippen LogP contribution in [0.4, 0.5) is 0 Å². The van der Waals surface area contributed by atoms with Gasteiger partial charge in [-0.3, -0.25) is 0 Å². The number of hydrogen-bond donors (Lipinski definition) is 0. The van der Waals surface area contributed by atoms with E-state index in [0.29, 0.717) is 18.1 Å². The number of carbonyl (C=O) groups excluding carboxylic acids is 1. The largest absolute Gasteiger partial charge is 0.459 e. The third-order valence-corrected chi connectivity index (χ3v) is 5.12. The van der Waals surface area contributed by atoms with Crippen molar-refractivity contribution >= 4 is 5.97 Å². The van der Waals surface area contributed by atoms with Gasteiger partial charge in [0.1, 0.15) is 6.10 Å². The second-order valence-electron chi connectivity index (χ2n) is 5.69. The molecule has 1 aliphatic heterocycles. The molecule has 2 bridgehead atoms. The van der Waals surface area contributed by atoms with Gasteiger partial charge in [0.2, 0.25) is 0 Å². The Labute approximate surface area is 94.8 Å². The van der Waals surface area contributed by atoms with Crippen LogP contribution in [0.5, 0.6) is 0 Å². The van der Waals surface area contributed by atoms with Crippen LogP contribution in [0.25, 0.3) is 0 Å². The smallest absolute Gasteiger partial charge is 0.330 e. The summed E-state index contributed by atoms with van der Waals surface area (Å²) < 4.78 is 11.1. The molecule has 86 valence electrons. The van der Waals surface area contributed by atoms with Crippen molar-refractivity contribution in [3.05, 3.63) is 12.7 Å². The summed E-state index contributed by atoms with van der Waals surface area (Å²) in [5, 5.41) is 0. The lowest BCUT2D eigenvalue weighted by Crippen LogP contribution is -2.34. The molecule has 3 aliphatic carbocycles. The highest BCUT2D eigenvalue weighted by atomic mass is 16.6. The van der Waals surface area contributed by atoms with Crippen LogP contribution >= 0.6 is 0 Å². The van der Waals surface area contributed by atoms with Gasteiger partial charge in [-0.05, 0) is 42.9 Å². The molecular weight excluding hydrogens is 204 g/mol. The Bertz CT molecular complexity index is 364. The van der Waals surface area contributed by atoms with Crippen molar-refractivity contribution in [2.75, 3.05) is 0 Å². The fourth-order valence-corrected chi connectivity index (χ4v) is 4.60. The quantitative estimate of drug-likeness (QED) is 0.402. The summed E-state index contributed by atoms with van der Waals surface area (Å²) in [4.78, 5) is 11.2. The summed E-state index contributed by atoms with van der Waals surface area (Å²) in [7, 11) is 0. The van der Waals surface area contributed by atoms with Gasteiger partial charge in [-0.25, -0.2) is 4.79 Å². The normalized spacial score (nSPS) is 55.6. The van der Waals surface area contributed by atoms with Crippen LogP contribution in [0.3, 0.4) is 0 Å². The molecular formula is C13H16O3. The minimum absolute atomic E-state index is 0.161. The van der Waals surface area contributed by atoms with Crippen LogP contribution in [-0.2, 0) is 14.3 Å². The minimum atomic E-state index is -0.256. The Morgan fingerprint density at radius 3 is 3.00 bits per heavy atom. The van der Waals surface area contributed by atoms with Crippen LogP contribution < -0.4 is 0 Å². The van der Waals surface area contributed by atoms with Gasteiger partial charge in [0.15, 0.2) is 0 Å². The van der Waals surface area contributed by atoms with Gasteiger partial charge in [-0.1, -0.05) is 6.58 Å². The van der Waals surface area contributed by atoms with E-state index in [9.17, 15) is 4.79 Å². The number of esters is 1. The molecule has 1 saturated heterocycles. The fraction of sp³-hybridized carbons (Fsp3) is 0.769. The molecule has 1 heterocycles. The van der Waals surface area contributed by atoms with E-state index in [-0.39, 0.29) is 12.1 Å². The Morgan fingerprint density at radius 1 is 1.31 bits per heavy atom. The van der Waals surface area contributed by atoms with Crippen molar-refractivity contribution in [3.8, 4) is 0 Å². The Balaban J connectivity index is 1.51. The van der Waals surface area contributed by atoms with Crippen LogP contribution in [0.1, 0.15) is 19.3 Å². The van der Waals surface area contributed by atoms with E-state index in [1.807, 2.05) is 0 Å². The summed E-state index contributed by atoms with van der Waals surface area (Å²) >= 11 is 0. The molecule has 6 unspecified atom stereocenters. The molecule has 3 heteroatoms. The third-order valence-electron chi connectivity index (χ3n) is 5.12. The molecule has 0 N–H and O–H groups in total. The summed E-state index contributed by atoms with van der Waals surface area (Å²) in [5.41, 5.74) is 0. The maximum absolute atomic E-state index is 11.2. The highest BCUT2D eigenvalue weighted by Gasteiger charge is 2.67. The van der Waals surface area contributed by atoms with Gasteiger partial charge in [0.25, 0.3) is 0 Å². The number of ether oxygens (including phenoxy) is 2. The molecule has 0 amide bonds. The van der Waals surface area contributed by atoms with Crippen molar-refractivity contribution < 1.29 is 14.3 Å². The molecule has 4 rings (SSSR count). The van der Waals surface area contributed by atoms with Crippen molar-refractivity contribution in [1.82, 2.24) is 0 Å². The van der Waals surface area contributed by atoms with E-state index in [1.54, 1.807) is 0 Å². The van der Waals surface area contributed by atoms with E-state index >= 15 is 0 Å². The van der Waals surface area contributed by atoms with Crippen molar-refractivity contribution in [3.63, 3.8) is 0 Å². The second-order valence-corrected chi connectivity index (χ2v) is 5.69. The van der Waals surface area contributed by atoms with Gasteiger partial charge in [-0.15, -0.1) is 0 Å². The standard InChI is InChI=1S/C13H16O3/c1-2-11(14)15-9-4-6-3-7(9)8-5-10-13(16-10)12(6)8/h2,6-10,12-13H,1,3-5H2/t6?,7-,8?,9?,10?,12?,13?/m1/s1. The lowest BCUT2D eigenvalue weighted by atomic mass is 9.79. The highest BCUT2D eigenvalue weighted by Crippen LogP contribution is 2.64. The first-order valence-electron chi connectivity index (χ1n) is 6.26. The Morgan fingerprint density at radius 2 is 2.19 bits per heavy atom. The van der Waals surface area contributed by atoms with E-state index in [1.165, 1.54) is 18.9 Å². The minimum Gasteiger partial charge on any atom is -0.459 e. The molecule has 4 fully saturated rings. The van der Waals surface area contributed by atoms with Crippen LogP contribution in [-0.4, -0.2) is 24.3 Å². The average Bonchev–Trinajstić information content (AvgIpc) is 2.68. The van der Waals surface area contributed by atoms with Crippen LogP contribution in [0, 0.1) is 23.7 Å². The number of rotatable bonds is 2. The number of hydrogen-bond acceptors (Lipinski definition) is 3. The van der Waals surface area contributed by atoms with Gasteiger partial charge >= 0.3 is 5.97 Å². The molecule has 0 aromatic heterocycles. The monoisotopic (exact) mass is 220 g/mol. The van der Waals surface area contributed by atoms with E-state index in [0.717, 1.165) is 24.2 Å². The molecule has 0 aromatic rings. The molecule has 0 spiro atoms. The number of fused-ring (bicyclic) bond motifs is 7. The summed E-state index contributed by atoms with van der Waals surface area (Å²) in [6.45, 7) is 3.46. The number of carbonyl (C=O) groups is 1. The third kappa shape index (κ3) is 1.05. The average molecular weight is 220 g/mol. The second kappa shape index (κ2) is 2.89. The maximum atomic E-state index is 11.2. The van der Waals surface area contributed by atoms with Gasteiger partial charge in [0, 0.05) is 6.08 Å². The van der Waals surface area contributed by atoms with E-state index in [4.69, 9.17) is 9.47 Å². The van der Waals surface area contributed by atoms with Crippen LogP contribution in [0.2, 0.25) is 0 Å². The van der Waals surface area contributed by atoms with Gasteiger partial charge in [-0.2, -0.15) is 0 Å². The topological polar surface area (TPSA) is 38.8 Å². The summed E-state index contributed by atoms with van der Waals surface area (Å²) in [5.74, 6) is 2.65. The first-order valence-corrected chi connectivity index (χ1v) is 6.26. The zero-order valence-corrected chi connectivity index (χ0v) is 9.17. The molecule has 4 aliphatic rings. The SMILES string of the molecule is C=CC(=O)OC1CC2C[C@@H]1C1CC3OC3C21.